The van der Waals surface area contributed by atoms with E-state index in [-0.39, 0.29) is 11.1 Å². The normalized spacial score (nSPS) is 11.5. The van der Waals surface area contributed by atoms with Crippen LogP contribution in [0.4, 0.5) is 5.69 Å². The lowest BCUT2D eigenvalue weighted by atomic mass is 10.1. The maximum atomic E-state index is 12.2. The van der Waals surface area contributed by atoms with Gasteiger partial charge in [-0.2, -0.15) is 13.7 Å². The van der Waals surface area contributed by atoms with Gasteiger partial charge in [0, 0.05) is 19.2 Å². The van der Waals surface area contributed by atoms with Crippen LogP contribution in [-0.4, -0.2) is 46.9 Å². The summed E-state index contributed by atoms with van der Waals surface area (Å²) >= 11 is 0. The van der Waals surface area contributed by atoms with Crippen molar-refractivity contribution in [2.24, 2.45) is 0 Å². The zero-order chi connectivity index (χ0) is 20.1. The number of amides is 1. The molecule has 0 spiro atoms. The minimum Gasteiger partial charge on any atom is -0.499 e. The van der Waals surface area contributed by atoms with Gasteiger partial charge in [-0.15, -0.1) is 0 Å². The van der Waals surface area contributed by atoms with Crippen molar-refractivity contribution >= 4 is 28.1 Å². The predicted molar refractivity (Wildman–Crippen MR) is 88.5 cm³/mol. The molecule has 0 saturated heterocycles. The number of aromatic hydroxyl groups is 1. The number of nitro benzene ring substituents is 1. The minimum atomic E-state index is -5.07. The highest BCUT2D eigenvalue weighted by Crippen LogP contribution is 2.38. The number of likely N-dealkylation sites (N-methyl/N-ethyl adjacent to an activating group) is 1. The fourth-order valence-corrected chi connectivity index (χ4v) is 2.36. The second kappa shape index (κ2) is 8.28. The van der Waals surface area contributed by atoms with E-state index in [4.69, 9.17) is 4.55 Å². The summed E-state index contributed by atoms with van der Waals surface area (Å²) in [5.74, 6) is -2.70. The van der Waals surface area contributed by atoms with E-state index >= 15 is 0 Å². The van der Waals surface area contributed by atoms with Gasteiger partial charge in [0.2, 0.25) is 5.75 Å². The molecule has 0 fully saturated rings. The molecule has 0 unspecified atom stereocenters. The van der Waals surface area contributed by atoms with Crippen molar-refractivity contribution in [3.8, 4) is 17.6 Å². The molecule has 0 atom stereocenters. The van der Waals surface area contributed by atoms with Gasteiger partial charge in [-0.25, -0.2) is 0 Å². The molecule has 2 N–H and O–H groups in total. The molecule has 11 nitrogen and oxygen atoms in total. The zero-order valence-corrected chi connectivity index (χ0v) is 14.6. The van der Waals surface area contributed by atoms with E-state index in [9.17, 15) is 33.7 Å². The maximum absolute atomic E-state index is 12.2. The fourth-order valence-electron chi connectivity index (χ4n) is 2.00. The van der Waals surface area contributed by atoms with E-state index < -0.39 is 38.4 Å². The Hall–Kier alpha value is -3.17. The molecule has 0 aliphatic carbocycles. The van der Waals surface area contributed by atoms with Crippen LogP contribution in [0.15, 0.2) is 17.7 Å². The van der Waals surface area contributed by atoms with Gasteiger partial charge in [0.25, 0.3) is 5.91 Å². The van der Waals surface area contributed by atoms with Crippen LogP contribution in [0.2, 0.25) is 0 Å². The first-order valence-electron chi connectivity index (χ1n) is 7.13. The highest BCUT2D eigenvalue weighted by molar-refractivity contribution is 7.81. The first-order valence-corrected chi connectivity index (χ1v) is 8.49. The Morgan fingerprint density at radius 1 is 1.42 bits per heavy atom. The Bertz CT molecular complexity index is 898. The molecule has 0 radical (unpaired) electrons. The summed E-state index contributed by atoms with van der Waals surface area (Å²) in [4.78, 5) is 23.5. The Balaban J connectivity index is 3.54. The van der Waals surface area contributed by atoms with E-state index in [0.717, 1.165) is 18.2 Å². The van der Waals surface area contributed by atoms with Crippen molar-refractivity contribution < 1.29 is 32.0 Å². The molecular formula is C14H15N3O8S. The SMILES string of the molecule is CCN(CC)C(=O)C(C#N)=Cc1cc(OS(=O)(=O)O)c(O)c([N+](=O)[O-])c1. The van der Waals surface area contributed by atoms with Crippen LogP contribution in [0.5, 0.6) is 11.5 Å². The molecule has 0 saturated carbocycles. The highest BCUT2D eigenvalue weighted by Gasteiger charge is 2.24. The molecule has 1 aromatic rings. The van der Waals surface area contributed by atoms with Gasteiger partial charge in [-0.1, -0.05) is 0 Å². The summed E-state index contributed by atoms with van der Waals surface area (Å²) in [7, 11) is -5.07. The quantitative estimate of drug-likeness (QED) is 0.230. The lowest BCUT2D eigenvalue weighted by Gasteiger charge is -2.17. The van der Waals surface area contributed by atoms with Crippen LogP contribution in [-0.2, 0) is 15.2 Å². The van der Waals surface area contributed by atoms with Gasteiger partial charge < -0.3 is 14.2 Å². The number of rotatable bonds is 7. The molecule has 0 aliphatic heterocycles. The second-order valence-corrected chi connectivity index (χ2v) is 5.82. The summed E-state index contributed by atoms with van der Waals surface area (Å²) in [6.07, 6.45) is 0.976. The molecule has 0 bridgehead atoms. The van der Waals surface area contributed by atoms with Crippen LogP contribution in [0, 0.1) is 21.4 Å². The third-order valence-electron chi connectivity index (χ3n) is 3.18. The zero-order valence-electron chi connectivity index (χ0n) is 13.7. The maximum Gasteiger partial charge on any atom is 0.446 e. The Kier molecular flexibility index (Phi) is 6.64. The summed E-state index contributed by atoms with van der Waals surface area (Å²) in [6.45, 7) is 4.03. The molecule has 1 aromatic carbocycles. The smallest absolute Gasteiger partial charge is 0.446 e. The van der Waals surface area contributed by atoms with Crippen LogP contribution >= 0.6 is 0 Å². The van der Waals surface area contributed by atoms with Crippen molar-refractivity contribution in [1.82, 2.24) is 4.90 Å². The van der Waals surface area contributed by atoms with Gasteiger partial charge in [0.15, 0.2) is 5.75 Å². The number of phenols is 1. The number of nitro groups is 1. The number of carbonyl (C=O) groups excluding carboxylic acids is 1. The number of nitrogens with zero attached hydrogens (tertiary/aromatic N) is 3. The van der Waals surface area contributed by atoms with E-state index in [2.05, 4.69) is 4.18 Å². The minimum absolute atomic E-state index is 0.162. The molecule has 12 heteroatoms. The van der Waals surface area contributed by atoms with Crippen LogP contribution in [0.1, 0.15) is 19.4 Å². The van der Waals surface area contributed by atoms with Crippen molar-refractivity contribution in [2.45, 2.75) is 13.8 Å². The Morgan fingerprint density at radius 3 is 2.42 bits per heavy atom. The van der Waals surface area contributed by atoms with Crippen molar-refractivity contribution in [3.05, 3.63) is 33.4 Å². The van der Waals surface area contributed by atoms with Gasteiger partial charge in [0.1, 0.15) is 11.6 Å². The lowest BCUT2D eigenvalue weighted by molar-refractivity contribution is -0.385. The standard InChI is InChI=1S/C14H15N3O8S/c1-3-16(4-2)14(19)10(8-15)5-9-6-11(17(20)21)13(18)12(7-9)25-26(22,23)24/h5-7,18H,3-4H2,1-2H3,(H,22,23,24). The van der Waals surface area contributed by atoms with Gasteiger partial charge in [-0.3, -0.25) is 19.5 Å². The number of phenolic OH excluding ortho intramolecular Hbond substituents is 1. The van der Waals surface area contributed by atoms with Crippen LogP contribution in [0.25, 0.3) is 6.08 Å². The van der Waals surface area contributed by atoms with Gasteiger partial charge in [0.05, 0.1) is 4.92 Å². The molecule has 1 amide bonds. The molecule has 26 heavy (non-hydrogen) atoms. The molecule has 0 aromatic heterocycles. The largest absolute Gasteiger partial charge is 0.499 e. The topological polar surface area (TPSA) is 171 Å². The summed E-state index contributed by atoms with van der Waals surface area (Å²) < 4.78 is 34.5. The average Bonchev–Trinajstić information content (AvgIpc) is 2.54. The second-order valence-electron chi connectivity index (χ2n) is 4.80. The first-order chi connectivity index (χ1) is 12.0. The van der Waals surface area contributed by atoms with E-state index in [1.165, 1.54) is 4.90 Å². The van der Waals surface area contributed by atoms with E-state index in [0.29, 0.717) is 13.1 Å². The lowest BCUT2D eigenvalue weighted by Crippen LogP contribution is -2.31. The predicted octanol–water partition coefficient (Wildman–Crippen LogP) is 1.26. The summed E-state index contributed by atoms with van der Waals surface area (Å²) in [5.41, 5.74) is -1.47. The summed E-state index contributed by atoms with van der Waals surface area (Å²) in [5, 5.41) is 29.9. The van der Waals surface area contributed by atoms with Crippen molar-refractivity contribution in [3.63, 3.8) is 0 Å². The molecular weight excluding hydrogens is 370 g/mol. The third kappa shape index (κ3) is 5.16. The monoisotopic (exact) mass is 385 g/mol. The number of hydrogen-bond donors (Lipinski definition) is 2. The average molecular weight is 385 g/mol. The van der Waals surface area contributed by atoms with E-state index in [1.54, 1.807) is 19.9 Å². The highest BCUT2D eigenvalue weighted by atomic mass is 32.3. The van der Waals surface area contributed by atoms with Gasteiger partial charge in [-0.05, 0) is 31.6 Å². The molecule has 0 aliphatic rings. The summed E-state index contributed by atoms with van der Waals surface area (Å²) in [6, 6.07) is 3.30. The van der Waals surface area contributed by atoms with Crippen LogP contribution in [0.3, 0.4) is 0 Å². The number of benzene rings is 1. The Labute approximate surface area is 148 Å². The molecule has 140 valence electrons. The Morgan fingerprint density at radius 2 is 2.00 bits per heavy atom. The molecule has 0 heterocycles. The van der Waals surface area contributed by atoms with Crippen LogP contribution < -0.4 is 4.18 Å². The number of carbonyl (C=O) groups is 1. The third-order valence-corrected chi connectivity index (χ3v) is 3.57. The van der Waals surface area contributed by atoms with Crippen molar-refractivity contribution in [1.29, 1.82) is 5.26 Å². The first kappa shape index (κ1) is 20.9. The number of hydrogen-bond acceptors (Lipinski definition) is 8. The molecule has 1 rings (SSSR count). The van der Waals surface area contributed by atoms with Gasteiger partial charge >= 0.3 is 16.1 Å². The fraction of sp³-hybridized carbons (Fsp3) is 0.286. The number of nitriles is 1. The van der Waals surface area contributed by atoms with E-state index in [1.807, 2.05) is 0 Å². The van der Waals surface area contributed by atoms with Crippen molar-refractivity contribution in [2.75, 3.05) is 13.1 Å².